The van der Waals surface area contributed by atoms with Crippen molar-refractivity contribution in [2.24, 2.45) is 0 Å². The van der Waals surface area contributed by atoms with Crippen molar-refractivity contribution < 1.29 is 34.7 Å². The molecule has 0 unspecified atom stereocenters. The van der Waals surface area contributed by atoms with Gasteiger partial charge >= 0.3 is 5.97 Å². The second-order valence-corrected chi connectivity index (χ2v) is 8.33. The molecule has 0 saturated heterocycles. The number of aromatic hydroxyl groups is 4. The summed E-state index contributed by atoms with van der Waals surface area (Å²) in [5.74, 6) is -0.944. The van der Waals surface area contributed by atoms with Crippen molar-refractivity contribution in [2.45, 2.75) is 76.9 Å². The van der Waals surface area contributed by atoms with Gasteiger partial charge in [0.2, 0.25) is 0 Å². The maximum absolute atomic E-state index is 12.5. The van der Waals surface area contributed by atoms with E-state index in [-0.39, 0.29) is 41.1 Å². The maximum atomic E-state index is 12.5. The number of carbonyl (C=O) groups excluding carboxylic acids is 1. The third-order valence-corrected chi connectivity index (χ3v) is 5.76. The van der Waals surface area contributed by atoms with E-state index in [0.717, 1.165) is 19.3 Å². The molecule has 0 spiro atoms. The molecule has 3 rings (SSSR count). The Morgan fingerprint density at radius 2 is 1.66 bits per heavy atom. The summed E-state index contributed by atoms with van der Waals surface area (Å²) in [6, 6.07) is 6.86. The van der Waals surface area contributed by atoms with Crippen LogP contribution in [0, 0.1) is 0 Å². The third kappa shape index (κ3) is 5.99. The molecule has 0 aliphatic carbocycles. The fraction of sp³-hybridized carbons (Fsp3) is 0.480. The van der Waals surface area contributed by atoms with Crippen molar-refractivity contribution in [1.29, 1.82) is 0 Å². The molecule has 0 aromatic heterocycles. The number of hydrogen-bond donors (Lipinski definition) is 4. The molecule has 174 valence electrons. The molecule has 4 N–H and O–H groups in total. The van der Waals surface area contributed by atoms with Crippen LogP contribution in [0.3, 0.4) is 0 Å². The van der Waals surface area contributed by atoms with Gasteiger partial charge in [0.15, 0.2) is 17.6 Å². The number of benzene rings is 2. The molecule has 32 heavy (non-hydrogen) atoms. The number of ether oxygens (including phenoxy) is 2. The lowest BCUT2D eigenvalue weighted by Gasteiger charge is -2.34. The number of hydrogen-bond acceptors (Lipinski definition) is 7. The summed E-state index contributed by atoms with van der Waals surface area (Å²) in [7, 11) is 0. The Labute approximate surface area is 188 Å². The van der Waals surface area contributed by atoms with Crippen LogP contribution in [0.25, 0.3) is 0 Å². The zero-order chi connectivity index (χ0) is 23.1. The first-order chi connectivity index (χ1) is 15.4. The van der Waals surface area contributed by atoms with E-state index in [2.05, 4.69) is 6.92 Å². The highest BCUT2D eigenvalue weighted by molar-refractivity contribution is 5.69. The number of phenols is 4. The molecular weight excluding hydrogens is 412 g/mol. The first-order valence-corrected chi connectivity index (χ1v) is 11.3. The van der Waals surface area contributed by atoms with E-state index in [1.54, 1.807) is 6.07 Å². The molecule has 2 aromatic carbocycles. The van der Waals surface area contributed by atoms with E-state index in [1.807, 2.05) is 0 Å². The molecule has 0 saturated carbocycles. The average molecular weight is 445 g/mol. The van der Waals surface area contributed by atoms with E-state index in [4.69, 9.17) is 9.47 Å². The van der Waals surface area contributed by atoms with Crippen molar-refractivity contribution in [3.63, 3.8) is 0 Å². The van der Waals surface area contributed by atoms with E-state index in [0.29, 0.717) is 17.5 Å². The lowest BCUT2D eigenvalue weighted by Crippen LogP contribution is -2.34. The lowest BCUT2D eigenvalue weighted by molar-refractivity contribution is -0.155. The predicted octanol–water partition coefficient (Wildman–Crippen LogP) is 5.24. The van der Waals surface area contributed by atoms with Crippen molar-refractivity contribution in [2.75, 3.05) is 0 Å². The largest absolute Gasteiger partial charge is 0.508 e. The van der Waals surface area contributed by atoms with Crippen LogP contribution in [-0.2, 0) is 16.0 Å². The van der Waals surface area contributed by atoms with Crippen LogP contribution in [0.15, 0.2) is 30.3 Å². The topological polar surface area (TPSA) is 116 Å². The molecule has 0 amide bonds. The Kier molecular flexibility index (Phi) is 8.09. The summed E-state index contributed by atoms with van der Waals surface area (Å²) in [5, 5.41) is 39.6. The fourth-order valence-corrected chi connectivity index (χ4v) is 4.01. The first-order valence-electron chi connectivity index (χ1n) is 11.3. The van der Waals surface area contributed by atoms with Crippen molar-refractivity contribution in [1.82, 2.24) is 0 Å². The van der Waals surface area contributed by atoms with Gasteiger partial charge in [0.1, 0.15) is 23.4 Å². The smallest absolute Gasteiger partial charge is 0.306 e. The Bertz CT molecular complexity index is 925. The van der Waals surface area contributed by atoms with Gasteiger partial charge in [-0.3, -0.25) is 4.79 Å². The predicted molar refractivity (Wildman–Crippen MR) is 119 cm³/mol. The van der Waals surface area contributed by atoms with Gasteiger partial charge in [0, 0.05) is 36.1 Å². The van der Waals surface area contributed by atoms with Gasteiger partial charge in [0.05, 0.1) is 0 Å². The molecule has 2 atom stereocenters. The minimum Gasteiger partial charge on any atom is -0.508 e. The molecule has 0 radical (unpaired) electrons. The number of carbonyl (C=O) groups is 1. The maximum Gasteiger partial charge on any atom is 0.306 e. The summed E-state index contributed by atoms with van der Waals surface area (Å²) in [5.41, 5.74) is 0.943. The molecule has 0 fully saturated rings. The fourth-order valence-electron chi connectivity index (χ4n) is 4.01. The van der Waals surface area contributed by atoms with Crippen LogP contribution in [0.4, 0.5) is 0 Å². The molecule has 1 heterocycles. The lowest BCUT2D eigenvalue weighted by atomic mass is 9.93. The highest BCUT2D eigenvalue weighted by Gasteiger charge is 2.36. The number of phenolic OH excluding ortho intramolecular Hbond substituents is 4. The van der Waals surface area contributed by atoms with Gasteiger partial charge < -0.3 is 29.9 Å². The highest BCUT2D eigenvalue weighted by atomic mass is 16.6. The zero-order valence-corrected chi connectivity index (χ0v) is 18.4. The van der Waals surface area contributed by atoms with E-state index >= 15 is 0 Å². The average Bonchev–Trinajstić information content (AvgIpc) is 2.75. The van der Waals surface area contributed by atoms with Crippen LogP contribution < -0.4 is 4.74 Å². The van der Waals surface area contributed by atoms with Crippen molar-refractivity contribution in [3.05, 3.63) is 41.5 Å². The Balaban J connectivity index is 1.69. The zero-order valence-electron chi connectivity index (χ0n) is 18.4. The minimum atomic E-state index is -0.770. The van der Waals surface area contributed by atoms with Gasteiger partial charge in [-0.15, -0.1) is 0 Å². The number of fused-ring (bicyclic) bond motifs is 1. The SMILES string of the molecule is CCCCCCCCCC(=O)O[C@@H]1Cc2c(O)cc(O)cc2O[C@@H]1c1ccc(O)c(O)c1. The van der Waals surface area contributed by atoms with E-state index in [9.17, 15) is 25.2 Å². The Morgan fingerprint density at radius 3 is 2.38 bits per heavy atom. The number of esters is 1. The molecule has 7 nitrogen and oxygen atoms in total. The van der Waals surface area contributed by atoms with Crippen LogP contribution in [0.2, 0.25) is 0 Å². The number of rotatable bonds is 10. The standard InChI is InChI=1S/C25H32O7/c1-2-3-4-5-6-7-8-9-24(30)31-23-15-18-20(28)13-17(26)14-22(18)32-25(23)16-10-11-19(27)21(29)12-16/h10-14,23,25-29H,2-9,15H2,1H3/t23-,25-/m1/s1. The second kappa shape index (κ2) is 11.0. The summed E-state index contributed by atoms with van der Waals surface area (Å²) in [6.45, 7) is 2.18. The summed E-state index contributed by atoms with van der Waals surface area (Å²) >= 11 is 0. The van der Waals surface area contributed by atoms with Gasteiger partial charge in [-0.1, -0.05) is 51.5 Å². The van der Waals surface area contributed by atoms with Crippen LogP contribution in [0.5, 0.6) is 28.7 Å². The molecular formula is C25H32O7. The van der Waals surface area contributed by atoms with E-state index in [1.165, 1.54) is 49.9 Å². The second-order valence-electron chi connectivity index (χ2n) is 8.33. The third-order valence-electron chi connectivity index (χ3n) is 5.76. The normalized spacial score (nSPS) is 17.4. The van der Waals surface area contributed by atoms with Crippen LogP contribution in [-0.4, -0.2) is 32.5 Å². The molecule has 2 aromatic rings. The summed E-state index contributed by atoms with van der Waals surface area (Å²) in [6.07, 6.45) is 6.64. The van der Waals surface area contributed by atoms with Crippen LogP contribution >= 0.6 is 0 Å². The van der Waals surface area contributed by atoms with Gasteiger partial charge in [-0.05, 0) is 18.6 Å². The van der Waals surface area contributed by atoms with E-state index < -0.39 is 12.2 Å². The molecule has 1 aliphatic heterocycles. The van der Waals surface area contributed by atoms with Crippen molar-refractivity contribution in [3.8, 4) is 28.7 Å². The van der Waals surface area contributed by atoms with Gasteiger partial charge in [-0.2, -0.15) is 0 Å². The Hall–Kier alpha value is -3.09. The van der Waals surface area contributed by atoms with Gasteiger partial charge in [-0.25, -0.2) is 0 Å². The summed E-state index contributed by atoms with van der Waals surface area (Å²) in [4.78, 5) is 12.5. The highest BCUT2D eigenvalue weighted by Crippen LogP contribution is 2.43. The van der Waals surface area contributed by atoms with Crippen molar-refractivity contribution >= 4 is 5.97 Å². The molecule has 0 bridgehead atoms. The van der Waals surface area contributed by atoms with Crippen LogP contribution in [0.1, 0.15) is 75.5 Å². The minimum absolute atomic E-state index is 0.139. The van der Waals surface area contributed by atoms with Gasteiger partial charge in [0.25, 0.3) is 0 Å². The Morgan fingerprint density at radius 1 is 0.938 bits per heavy atom. The molecule has 1 aliphatic rings. The molecule has 7 heteroatoms. The first kappa shape index (κ1) is 23.6. The number of unbranched alkanes of at least 4 members (excludes halogenated alkanes) is 6. The quantitative estimate of drug-likeness (QED) is 0.225. The monoisotopic (exact) mass is 444 g/mol. The summed E-state index contributed by atoms with van der Waals surface area (Å²) < 4.78 is 11.7.